The van der Waals surface area contributed by atoms with Gasteiger partial charge in [0.15, 0.2) is 0 Å². The largest absolute Gasteiger partial charge is 0.102 e. The Morgan fingerprint density at radius 3 is 2.50 bits per heavy atom. The molecule has 0 nitrogen and oxygen atoms in total. The molecule has 1 rings (SSSR count). The summed E-state index contributed by atoms with van der Waals surface area (Å²) in [5.41, 5.74) is 0. The standard InChI is InChI=1S/C8H10/c1-3-7-5-6-8(7)4-2/h3,7-8H,1,4H2,2H3. The van der Waals surface area contributed by atoms with E-state index in [2.05, 4.69) is 25.3 Å². The summed E-state index contributed by atoms with van der Waals surface area (Å²) in [5, 5.41) is 0. The van der Waals surface area contributed by atoms with Crippen molar-refractivity contribution in [3.63, 3.8) is 0 Å². The van der Waals surface area contributed by atoms with Gasteiger partial charge >= 0.3 is 0 Å². The number of allylic oxidation sites excluding steroid dienone is 1. The average Bonchev–Trinajstić information content (AvgIpc) is 1.66. The predicted octanol–water partition coefficient (Wildman–Crippen LogP) is 1.83. The van der Waals surface area contributed by atoms with Gasteiger partial charge in [0.05, 0.1) is 5.92 Å². The Hall–Kier alpha value is -0.700. The molecule has 0 bridgehead atoms. The first-order chi connectivity index (χ1) is 3.88. The predicted molar refractivity (Wildman–Crippen MR) is 35.2 cm³/mol. The molecule has 0 spiro atoms. The van der Waals surface area contributed by atoms with Crippen LogP contribution >= 0.6 is 0 Å². The van der Waals surface area contributed by atoms with E-state index in [1.54, 1.807) is 0 Å². The highest BCUT2D eigenvalue weighted by Crippen LogP contribution is 2.21. The van der Waals surface area contributed by atoms with Crippen molar-refractivity contribution < 1.29 is 0 Å². The summed E-state index contributed by atoms with van der Waals surface area (Å²) in [6, 6.07) is 0. The topological polar surface area (TPSA) is 0 Å². The monoisotopic (exact) mass is 106 g/mol. The Morgan fingerprint density at radius 2 is 2.38 bits per heavy atom. The summed E-state index contributed by atoms with van der Waals surface area (Å²) in [6.45, 7) is 5.84. The van der Waals surface area contributed by atoms with Gasteiger partial charge in [0.1, 0.15) is 0 Å². The molecule has 0 N–H and O–H groups in total. The molecule has 0 saturated heterocycles. The van der Waals surface area contributed by atoms with Crippen molar-refractivity contribution in [2.75, 3.05) is 0 Å². The fraction of sp³-hybridized carbons (Fsp3) is 0.500. The molecule has 1 aliphatic carbocycles. The summed E-state index contributed by atoms with van der Waals surface area (Å²) in [5.74, 6) is 7.22. The van der Waals surface area contributed by atoms with Crippen LogP contribution in [0.5, 0.6) is 0 Å². The van der Waals surface area contributed by atoms with E-state index in [0.717, 1.165) is 0 Å². The molecule has 0 radical (unpaired) electrons. The third kappa shape index (κ3) is 0.648. The first-order valence-electron chi connectivity index (χ1n) is 3.02. The zero-order valence-corrected chi connectivity index (χ0v) is 5.15. The molecule has 0 saturated carbocycles. The number of hydrogen-bond acceptors (Lipinski definition) is 0. The molecular weight excluding hydrogens is 96.1 g/mol. The van der Waals surface area contributed by atoms with Crippen LogP contribution in [0.1, 0.15) is 13.3 Å². The van der Waals surface area contributed by atoms with Gasteiger partial charge in [-0.2, -0.15) is 0 Å². The highest BCUT2D eigenvalue weighted by molar-refractivity contribution is 5.26. The summed E-state index contributed by atoms with van der Waals surface area (Å²) < 4.78 is 0. The van der Waals surface area contributed by atoms with Crippen LogP contribution in [0.3, 0.4) is 0 Å². The van der Waals surface area contributed by atoms with Gasteiger partial charge in [-0.25, -0.2) is 0 Å². The van der Waals surface area contributed by atoms with Gasteiger partial charge in [0, 0.05) is 5.92 Å². The Balaban J connectivity index is 2.46. The normalized spacial score (nSPS) is 32.1. The van der Waals surface area contributed by atoms with Gasteiger partial charge in [0.25, 0.3) is 0 Å². The highest BCUT2D eigenvalue weighted by atomic mass is 14.2. The van der Waals surface area contributed by atoms with E-state index >= 15 is 0 Å². The van der Waals surface area contributed by atoms with Crippen LogP contribution < -0.4 is 0 Å². The van der Waals surface area contributed by atoms with Crippen molar-refractivity contribution >= 4 is 0 Å². The van der Waals surface area contributed by atoms with E-state index in [1.165, 1.54) is 6.42 Å². The van der Waals surface area contributed by atoms with Crippen molar-refractivity contribution in [3.8, 4) is 11.8 Å². The zero-order chi connectivity index (χ0) is 5.98. The lowest BCUT2D eigenvalue weighted by Gasteiger charge is -2.18. The molecule has 42 valence electrons. The summed E-state index contributed by atoms with van der Waals surface area (Å²) in [6.07, 6.45) is 3.11. The molecule has 0 amide bonds. The van der Waals surface area contributed by atoms with Crippen LogP contribution in [0.15, 0.2) is 12.7 Å². The molecule has 2 atom stereocenters. The molecule has 0 aromatic heterocycles. The minimum absolute atomic E-state index is 0.500. The first kappa shape index (κ1) is 5.44. The van der Waals surface area contributed by atoms with Crippen LogP contribution in [-0.4, -0.2) is 0 Å². The van der Waals surface area contributed by atoms with E-state index < -0.39 is 0 Å². The van der Waals surface area contributed by atoms with Crippen molar-refractivity contribution in [2.45, 2.75) is 13.3 Å². The number of rotatable bonds is 2. The van der Waals surface area contributed by atoms with Crippen molar-refractivity contribution in [2.24, 2.45) is 11.8 Å². The Morgan fingerprint density at radius 1 is 1.62 bits per heavy atom. The highest BCUT2D eigenvalue weighted by Gasteiger charge is 2.17. The third-order valence-electron chi connectivity index (χ3n) is 1.56. The maximum Gasteiger partial charge on any atom is 0.0517 e. The second-order valence-corrected chi connectivity index (χ2v) is 2.06. The smallest absolute Gasteiger partial charge is 0.0517 e. The van der Waals surface area contributed by atoms with E-state index in [9.17, 15) is 0 Å². The van der Waals surface area contributed by atoms with Gasteiger partial charge in [-0.1, -0.05) is 24.8 Å². The molecule has 1 aliphatic rings. The third-order valence-corrected chi connectivity index (χ3v) is 1.56. The van der Waals surface area contributed by atoms with Crippen LogP contribution in [-0.2, 0) is 0 Å². The first-order valence-corrected chi connectivity index (χ1v) is 3.02. The zero-order valence-electron chi connectivity index (χ0n) is 5.15. The van der Waals surface area contributed by atoms with E-state index in [4.69, 9.17) is 0 Å². The van der Waals surface area contributed by atoms with E-state index in [0.29, 0.717) is 11.8 Å². The van der Waals surface area contributed by atoms with Gasteiger partial charge in [0.2, 0.25) is 0 Å². The Labute approximate surface area is 50.6 Å². The molecule has 0 heterocycles. The molecule has 8 heavy (non-hydrogen) atoms. The van der Waals surface area contributed by atoms with Gasteiger partial charge in [-0.05, 0) is 6.42 Å². The van der Waals surface area contributed by atoms with Gasteiger partial charge in [-0.3, -0.25) is 0 Å². The molecule has 0 aromatic carbocycles. The summed E-state index contributed by atoms with van der Waals surface area (Å²) >= 11 is 0. The Bertz CT molecular complexity index is 145. The van der Waals surface area contributed by atoms with Crippen LogP contribution in [0, 0.1) is 23.7 Å². The van der Waals surface area contributed by atoms with Gasteiger partial charge in [-0.15, -0.1) is 6.58 Å². The summed E-state index contributed by atoms with van der Waals surface area (Å²) in [4.78, 5) is 0. The number of hydrogen-bond donors (Lipinski definition) is 0. The molecule has 0 aliphatic heterocycles. The van der Waals surface area contributed by atoms with Crippen LogP contribution in [0.25, 0.3) is 0 Å². The summed E-state index contributed by atoms with van der Waals surface area (Å²) in [7, 11) is 0. The van der Waals surface area contributed by atoms with Gasteiger partial charge < -0.3 is 0 Å². The van der Waals surface area contributed by atoms with E-state index in [-0.39, 0.29) is 0 Å². The second kappa shape index (κ2) is 2.05. The molecule has 0 fully saturated rings. The molecular formula is C8H10. The SMILES string of the molecule is C=CC1C#CC1CC. The fourth-order valence-electron chi connectivity index (χ4n) is 0.877. The van der Waals surface area contributed by atoms with Crippen molar-refractivity contribution in [3.05, 3.63) is 12.7 Å². The van der Waals surface area contributed by atoms with Crippen molar-refractivity contribution in [1.82, 2.24) is 0 Å². The minimum atomic E-state index is 0.500. The lowest BCUT2D eigenvalue weighted by molar-refractivity contribution is 0.539. The Kier molecular flexibility index (Phi) is 1.39. The van der Waals surface area contributed by atoms with E-state index in [1.807, 2.05) is 6.08 Å². The maximum absolute atomic E-state index is 3.68. The lowest BCUT2D eigenvalue weighted by Crippen LogP contribution is -2.15. The maximum atomic E-state index is 3.68. The fourth-order valence-corrected chi connectivity index (χ4v) is 0.877. The molecule has 2 unspecified atom stereocenters. The minimum Gasteiger partial charge on any atom is -0.102 e. The lowest BCUT2D eigenvalue weighted by atomic mass is 9.84. The second-order valence-electron chi connectivity index (χ2n) is 2.06. The van der Waals surface area contributed by atoms with Crippen LogP contribution in [0.4, 0.5) is 0 Å². The quantitative estimate of drug-likeness (QED) is 0.372. The molecule has 0 heteroatoms. The van der Waals surface area contributed by atoms with Crippen molar-refractivity contribution in [1.29, 1.82) is 0 Å². The van der Waals surface area contributed by atoms with Crippen LogP contribution in [0.2, 0.25) is 0 Å². The average molecular weight is 106 g/mol. The molecule has 0 aromatic rings.